The summed E-state index contributed by atoms with van der Waals surface area (Å²) in [6, 6.07) is 10.0. The Balaban J connectivity index is 1.97. The van der Waals surface area contributed by atoms with Crippen LogP contribution in [0.1, 0.15) is 16.8 Å². The van der Waals surface area contributed by atoms with Gasteiger partial charge in [0.05, 0.1) is 12.7 Å². The third kappa shape index (κ3) is 3.23. The highest BCUT2D eigenvalue weighted by atomic mass is 32.1. The molecule has 0 aliphatic carbocycles. The minimum Gasteiger partial charge on any atom is -0.496 e. The van der Waals surface area contributed by atoms with Gasteiger partial charge in [-0.2, -0.15) is 0 Å². The van der Waals surface area contributed by atoms with E-state index in [2.05, 4.69) is 22.3 Å². The summed E-state index contributed by atoms with van der Waals surface area (Å²) in [6.07, 6.45) is 0.934. The van der Waals surface area contributed by atoms with E-state index in [1.54, 1.807) is 18.4 Å². The van der Waals surface area contributed by atoms with Crippen LogP contribution >= 0.6 is 11.3 Å². The van der Waals surface area contributed by atoms with Gasteiger partial charge in [-0.1, -0.05) is 12.1 Å². The van der Waals surface area contributed by atoms with Crippen LogP contribution in [0, 0.1) is 0 Å². The van der Waals surface area contributed by atoms with Crippen LogP contribution in [0.25, 0.3) is 20.9 Å². The van der Waals surface area contributed by atoms with Crippen LogP contribution in [0.5, 0.6) is 5.75 Å². The zero-order valence-corrected chi connectivity index (χ0v) is 15.1. The molecule has 2 aromatic carbocycles. The second kappa shape index (κ2) is 7.20. The average Bonchev–Trinajstić information content (AvgIpc) is 3.07. The lowest BCUT2D eigenvalue weighted by atomic mass is 10.0. The highest BCUT2D eigenvalue weighted by molar-refractivity contribution is 7.17. The van der Waals surface area contributed by atoms with Crippen molar-refractivity contribution in [2.75, 3.05) is 34.3 Å². The largest absolute Gasteiger partial charge is 0.496 e. The Morgan fingerprint density at radius 1 is 1.21 bits per heavy atom. The zero-order valence-electron chi connectivity index (χ0n) is 14.3. The normalized spacial score (nSPS) is 11.3. The molecular formula is C19H22N2O2S. The lowest BCUT2D eigenvalue weighted by molar-refractivity contribution is 0.0954. The van der Waals surface area contributed by atoms with E-state index in [1.807, 2.05) is 37.7 Å². The summed E-state index contributed by atoms with van der Waals surface area (Å²) in [5.74, 6) is 0.774. The summed E-state index contributed by atoms with van der Waals surface area (Å²) >= 11 is 1.60. The van der Waals surface area contributed by atoms with E-state index < -0.39 is 0 Å². The number of nitrogens with one attached hydrogen (secondary N) is 1. The number of amides is 1. The molecule has 0 bridgehead atoms. The smallest absolute Gasteiger partial charge is 0.252 e. The van der Waals surface area contributed by atoms with Crippen LogP contribution in [0.3, 0.4) is 0 Å². The molecule has 0 saturated heterocycles. The molecule has 126 valence electrons. The van der Waals surface area contributed by atoms with E-state index >= 15 is 0 Å². The van der Waals surface area contributed by atoms with E-state index in [0.29, 0.717) is 6.54 Å². The molecule has 0 aliphatic rings. The Morgan fingerprint density at radius 3 is 2.79 bits per heavy atom. The molecule has 0 spiro atoms. The molecule has 0 unspecified atom stereocenters. The number of methoxy groups -OCH3 is 1. The van der Waals surface area contributed by atoms with E-state index in [0.717, 1.165) is 45.1 Å². The molecule has 4 nitrogen and oxygen atoms in total. The number of fused-ring (bicyclic) bond motifs is 3. The molecule has 1 aromatic heterocycles. The molecule has 1 heterocycles. The summed E-state index contributed by atoms with van der Waals surface area (Å²) < 4.78 is 6.51. The molecular weight excluding hydrogens is 320 g/mol. The van der Waals surface area contributed by atoms with Crippen molar-refractivity contribution in [3.05, 3.63) is 41.3 Å². The van der Waals surface area contributed by atoms with Gasteiger partial charge in [-0.15, -0.1) is 11.3 Å². The monoisotopic (exact) mass is 342 g/mol. The van der Waals surface area contributed by atoms with Crippen molar-refractivity contribution in [3.8, 4) is 5.75 Å². The highest BCUT2D eigenvalue weighted by Gasteiger charge is 2.15. The number of ether oxygens (including phenoxy) is 1. The summed E-state index contributed by atoms with van der Waals surface area (Å²) in [4.78, 5) is 14.8. The fraction of sp³-hybridized carbons (Fsp3) is 0.316. The molecule has 3 aromatic rings. The second-order valence-electron chi connectivity index (χ2n) is 6.06. The molecule has 0 atom stereocenters. The predicted octanol–water partition coefficient (Wildman–Crippen LogP) is 3.74. The minimum atomic E-state index is -0.0194. The minimum absolute atomic E-state index is 0.0194. The van der Waals surface area contributed by atoms with Gasteiger partial charge in [-0.05, 0) is 56.0 Å². The number of nitrogens with zero attached hydrogens (tertiary/aromatic N) is 1. The van der Waals surface area contributed by atoms with Crippen molar-refractivity contribution in [2.24, 2.45) is 0 Å². The van der Waals surface area contributed by atoms with Gasteiger partial charge in [-0.3, -0.25) is 4.79 Å². The third-order valence-electron chi connectivity index (χ3n) is 4.09. The van der Waals surface area contributed by atoms with Gasteiger partial charge in [0, 0.05) is 22.0 Å². The first-order valence-corrected chi connectivity index (χ1v) is 8.89. The van der Waals surface area contributed by atoms with Crippen molar-refractivity contribution in [1.29, 1.82) is 0 Å². The van der Waals surface area contributed by atoms with Crippen LogP contribution in [-0.2, 0) is 0 Å². The Kier molecular flexibility index (Phi) is 5.02. The van der Waals surface area contributed by atoms with Crippen molar-refractivity contribution in [1.82, 2.24) is 10.2 Å². The molecule has 24 heavy (non-hydrogen) atoms. The number of hydrogen-bond donors (Lipinski definition) is 1. The van der Waals surface area contributed by atoms with E-state index in [4.69, 9.17) is 4.74 Å². The van der Waals surface area contributed by atoms with Crippen molar-refractivity contribution in [3.63, 3.8) is 0 Å². The van der Waals surface area contributed by atoms with Crippen LogP contribution in [0.15, 0.2) is 35.7 Å². The Hall–Kier alpha value is -2.11. The number of carbonyl (C=O) groups is 1. The molecule has 5 heteroatoms. The highest BCUT2D eigenvalue weighted by Crippen LogP contribution is 2.36. The molecule has 1 N–H and O–H groups in total. The summed E-state index contributed by atoms with van der Waals surface area (Å²) in [7, 11) is 5.73. The summed E-state index contributed by atoms with van der Waals surface area (Å²) in [5.41, 5.74) is 0.724. The molecule has 1 amide bonds. The first-order chi connectivity index (χ1) is 11.6. The number of hydrogen-bond acceptors (Lipinski definition) is 4. The van der Waals surface area contributed by atoms with Gasteiger partial charge < -0.3 is 15.0 Å². The van der Waals surface area contributed by atoms with Gasteiger partial charge in [-0.25, -0.2) is 0 Å². The van der Waals surface area contributed by atoms with Crippen LogP contribution in [0.4, 0.5) is 0 Å². The number of carbonyl (C=O) groups excluding carboxylic acids is 1. The quantitative estimate of drug-likeness (QED) is 0.694. The lowest BCUT2D eigenvalue weighted by Crippen LogP contribution is -2.27. The number of rotatable bonds is 6. The van der Waals surface area contributed by atoms with Crippen LogP contribution < -0.4 is 10.1 Å². The fourth-order valence-corrected chi connectivity index (χ4v) is 3.83. The zero-order chi connectivity index (χ0) is 17.1. The molecule has 0 radical (unpaired) electrons. The van der Waals surface area contributed by atoms with E-state index in [1.165, 1.54) is 0 Å². The number of thiophene rings is 1. The maximum absolute atomic E-state index is 12.7. The maximum Gasteiger partial charge on any atom is 0.252 e. The summed E-state index contributed by atoms with van der Waals surface area (Å²) in [5, 5.41) is 8.28. The first kappa shape index (κ1) is 16.7. The Morgan fingerprint density at radius 2 is 2.04 bits per heavy atom. The average molecular weight is 342 g/mol. The van der Waals surface area contributed by atoms with Crippen molar-refractivity contribution < 1.29 is 9.53 Å². The van der Waals surface area contributed by atoms with Gasteiger partial charge in [0.1, 0.15) is 5.75 Å². The molecule has 0 aliphatic heterocycles. The summed E-state index contributed by atoms with van der Waals surface area (Å²) in [6.45, 7) is 1.63. The predicted molar refractivity (Wildman–Crippen MR) is 101 cm³/mol. The van der Waals surface area contributed by atoms with E-state index in [-0.39, 0.29) is 5.91 Å². The van der Waals surface area contributed by atoms with E-state index in [9.17, 15) is 4.79 Å². The van der Waals surface area contributed by atoms with Crippen LogP contribution in [-0.4, -0.2) is 45.1 Å². The topological polar surface area (TPSA) is 41.6 Å². The molecule has 3 rings (SSSR count). The Labute approximate surface area is 146 Å². The number of benzene rings is 2. The fourth-order valence-electron chi connectivity index (χ4n) is 2.91. The second-order valence-corrected chi connectivity index (χ2v) is 6.97. The molecule has 0 saturated carbocycles. The standard InChI is InChI=1S/C19H22N2O2S/c1-21(2)10-5-9-20-19(22)16-12-15-13(6-4-7-17(15)23-3)14-8-11-24-18(14)16/h4,6-8,11-12H,5,9-10H2,1-3H3,(H,20,22). The SMILES string of the molecule is COc1cccc2c1cc(C(=O)NCCCN(C)C)c1sccc12. The van der Waals surface area contributed by atoms with Gasteiger partial charge in [0.25, 0.3) is 5.91 Å². The van der Waals surface area contributed by atoms with Gasteiger partial charge in [0.2, 0.25) is 0 Å². The Bertz CT molecular complexity index is 870. The van der Waals surface area contributed by atoms with Gasteiger partial charge in [0.15, 0.2) is 0 Å². The first-order valence-electron chi connectivity index (χ1n) is 8.01. The van der Waals surface area contributed by atoms with Crippen molar-refractivity contribution in [2.45, 2.75) is 6.42 Å². The molecule has 0 fully saturated rings. The third-order valence-corrected chi connectivity index (χ3v) is 5.03. The van der Waals surface area contributed by atoms with Gasteiger partial charge >= 0.3 is 0 Å². The van der Waals surface area contributed by atoms with Crippen LogP contribution in [0.2, 0.25) is 0 Å². The maximum atomic E-state index is 12.7. The lowest BCUT2D eigenvalue weighted by Gasteiger charge is -2.12. The van der Waals surface area contributed by atoms with Crippen molar-refractivity contribution >= 4 is 38.1 Å².